The van der Waals surface area contributed by atoms with Gasteiger partial charge < -0.3 is 5.11 Å². The second-order valence-electron chi connectivity index (χ2n) is 6.69. The number of nitrogens with zero attached hydrogens (tertiary/aromatic N) is 1. The summed E-state index contributed by atoms with van der Waals surface area (Å²) < 4.78 is 26.2. The molecule has 1 unspecified atom stereocenters. The molecule has 0 aliphatic rings. The van der Waals surface area contributed by atoms with Crippen molar-refractivity contribution >= 4 is 39.4 Å². The molecule has 0 bridgehead atoms. The molecule has 6 nitrogen and oxygen atoms in total. The lowest BCUT2D eigenvalue weighted by molar-refractivity contribution is -0.106. The SMILES string of the molecule is CC(C)S(=O)(=O)NCC(C)(O)c1ccc(N(C=O)c2ccc(Cl)cc2)cc1. The van der Waals surface area contributed by atoms with Crippen LogP contribution in [0.5, 0.6) is 0 Å². The van der Waals surface area contributed by atoms with Crippen molar-refractivity contribution in [2.45, 2.75) is 31.6 Å². The van der Waals surface area contributed by atoms with Gasteiger partial charge in [0.25, 0.3) is 0 Å². The van der Waals surface area contributed by atoms with Gasteiger partial charge in [0.2, 0.25) is 16.4 Å². The van der Waals surface area contributed by atoms with Crippen LogP contribution in [0.4, 0.5) is 11.4 Å². The summed E-state index contributed by atoms with van der Waals surface area (Å²) in [5, 5.41) is 10.6. The number of hydrogen-bond acceptors (Lipinski definition) is 4. The Kier molecular flexibility index (Phi) is 6.64. The fourth-order valence-electron chi connectivity index (χ4n) is 2.36. The molecule has 0 saturated carbocycles. The molecule has 1 atom stereocenters. The highest BCUT2D eigenvalue weighted by Crippen LogP contribution is 2.28. The minimum atomic E-state index is -3.48. The lowest BCUT2D eigenvalue weighted by atomic mass is 9.96. The Labute approximate surface area is 164 Å². The first-order chi connectivity index (χ1) is 12.6. The van der Waals surface area contributed by atoms with E-state index in [4.69, 9.17) is 11.6 Å². The third-order valence-corrected chi connectivity index (χ3v) is 6.26. The highest BCUT2D eigenvalue weighted by Gasteiger charge is 2.27. The Morgan fingerprint density at radius 2 is 1.59 bits per heavy atom. The van der Waals surface area contributed by atoms with E-state index in [1.54, 1.807) is 62.4 Å². The molecule has 0 aromatic heterocycles. The maximum absolute atomic E-state index is 11.9. The van der Waals surface area contributed by atoms with E-state index in [-0.39, 0.29) is 6.54 Å². The lowest BCUT2D eigenvalue weighted by Crippen LogP contribution is -2.41. The molecule has 0 spiro atoms. The second kappa shape index (κ2) is 8.39. The molecule has 0 saturated heterocycles. The summed E-state index contributed by atoms with van der Waals surface area (Å²) in [6, 6.07) is 13.5. The van der Waals surface area contributed by atoms with Gasteiger partial charge in [0.15, 0.2) is 0 Å². The quantitative estimate of drug-likeness (QED) is 0.654. The summed E-state index contributed by atoms with van der Waals surface area (Å²) in [6.07, 6.45) is 0.688. The van der Waals surface area contributed by atoms with Crippen LogP contribution in [0.15, 0.2) is 48.5 Å². The van der Waals surface area contributed by atoms with Crippen molar-refractivity contribution in [1.82, 2.24) is 4.72 Å². The molecular weight excluding hydrogens is 388 g/mol. The number of halogens is 1. The highest BCUT2D eigenvalue weighted by atomic mass is 35.5. The minimum absolute atomic E-state index is 0.151. The molecule has 0 radical (unpaired) electrons. The summed E-state index contributed by atoms with van der Waals surface area (Å²) in [4.78, 5) is 13.0. The van der Waals surface area contributed by atoms with Crippen molar-refractivity contribution in [3.05, 3.63) is 59.1 Å². The molecular formula is C19H23ClN2O4S. The lowest BCUT2D eigenvalue weighted by Gasteiger charge is -2.26. The van der Waals surface area contributed by atoms with E-state index in [1.165, 1.54) is 11.8 Å². The monoisotopic (exact) mass is 410 g/mol. The molecule has 2 aromatic carbocycles. The van der Waals surface area contributed by atoms with Crippen LogP contribution in [0.1, 0.15) is 26.3 Å². The van der Waals surface area contributed by atoms with Crippen LogP contribution in [0.2, 0.25) is 5.02 Å². The van der Waals surface area contributed by atoms with Crippen molar-refractivity contribution in [2.75, 3.05) is 11.4 Å². The number of rotatable bonds is 8. The van der Waals surface area contributed by atoms with Crippen molar-refractivity contribution < 1.29 is 18.3 Å². The van der Waals surface area contributed by atoms with E-state index in [2.05, 4.69) is 4.72 Å². The zero-order chi connectivity index (χ0) is 20.2. The van der Waals surface area contributed by atoms with Gasteiger partial charge >= 0.3 is 0 Å². The van der Waals surface area contributed by atoms with Gasteiger partial charge in [0, 0.05) is 22.9 Å². The number of anilines is 2. The molecule has 0 aliphatic heterocycles. The normalized spacial score (nSPS) is 14.0. The highest BCUT2D eigenvalue weighted by molar-refractivity contribution is 7.90. The third kappa shape index (κ3) is 5.29. The Bertz CT molecular complexity index is 879. The number of nitrogens with one attached hydrogen (secondary N) is 1. The Morgan fingerprint density at radius 1 is 1.11 bits per heavy atom. The van der Waals surface area contributed by atoms with Gasteiger partial charge in [0.1, 0.15) is 5.60 Å². The molecule has 27 heavy (non-hydrogen) atoms. The molecule has 1 amide bonds. The smallest absolute Gasteiger partial charge is 0.218 e. The Balaban J connectivity index is 2.19. The summed E-state index contributed by atoms with van der Waals surface area (Å²) in [6.45, 7) is 4.51. The molecule has 146 valence electrons. The number of benzene rings is 2. The first kappa shape index (κ1) is 21.4. The van der Waals surface area contributed by atoms with Gasteiger partial charge in [-0.3, -0.25) is 9.69 Å². The summed E-state index contributed by atoms with van der Waals surface area (Å²) >= 11 is 5.87. The van der Waals surface area contributed by atoms with Gasteiger partial charge in [-0.25, -0.2) is 13.1 Å². The number of carbonyl (C=O) groups excluding carboxylic acids is 1. The first-order valence-electron chi connectivity index (χ1n) is 8.38. The van der Waals surface area contributed by atoms with Crippen molar-refractivity contribution in [3.8, 4) is 0 Å². The van der Waals surface area contributed by atoms with Crippen LogP contribution in [-0.2, 0) is 20.4 Å². The number of aliphatic hydroxyl groups is 1. The predicted octanol–water partition coefficient (Wildman–Crippen LogP) is 3.17. The van der Waals surface area contributed by atoms with E-state index < -0.39 is 20.9 Å². The maximum Gasteiger partial charge on any atom is 0.218 e. The fourth-order valence-corrected chi connectivity index (χ4v) is 3.30. The van der Waals surface area contributed by atoms with Gasteiger partial charge in [-0.2, -0.15) is 0 Å². The molecule has 0 fully saturated rings. The van der Waals surface area contributed by atoms with E-state index in [0.29, 0.717) is 28.4 Å². The van der Waals surface area contributed by atoms with Crippen LogP contribution in [0, 0.1) is 0 Å². The number of carbonyl (C=O) groups is 1. The number of amides is 1. The van der Waals surface area contributed by atoms with Crippen LogP contribution in [0.25, 0.3) is 0 Å². The Hall–Kier alpha value is -1.93. The molecule has 2 rings (SSSR count). The maximum atomic E-state index is 11.9. The van der Waals surface area contributed by atoms with Crippen LogP contribution < -0.4 is 9.62 Å². The molecule has 0 heterocycles. The molecule has 8 heteroatoms. The van der Waals surface area contributed by atoms with E-state index in [9.17, 15) is 18.3 Å². The molecule has 2 aromatic rings. The van der Waals surface area contributed by atoms with Crippen molar-refractivity contribution in [1.29, 1.82) is 0 Å². The largest absolute Gasteiger partial charge is 0.384 e. The average molecular weight is 411 g/mol. The van der Waals surface area contributed by atoms with Crippen LogP contribution in [0.3, 0.4) is 0 Å². The Morgan fingerprint density at radius 3 is 2.04 bits per heavy atom. The molecule has 0 aliphatic carbocycles. The van der Waals surface area contributed by atoms with Crippen LogP contribution >= 0.6 is 11.6 Å². The third-order valence-electron chi connectivity index (χ3n) is 4.22. The van der Waals surface area contributed by atoms with E-state index >= 15 is 0 Å². The van der Waals surface area contributed by atoms with Crippen molar-refractivity contribution in [3.63, 3.8) is 0 Å². The summed E-state index contributed by atoms with van der Waals surface area (Å²) in [7, 11) is -3.48. The predicted molar refractivity (Wildman–Crippen MR) is 108 cm³/mol. The zero-order valence-electron chi connectivity index (χ0n) is 15.4. The topological polar surface area (TPSA) is 86.7 Å². The second-order valence-corrected chi connectivity index (χ2v) is 9.45. The number of hydrogen-bond donors (Lipinski definition) is 2. The van der Waals surface area contributed by atoms with Gasteiger partial charge in [-0.05, 0) is 62.7 Å². The van der Waals surface area contributed by atoms with Crippen LogP contribution in [-0.4, -0.2) is 31.7 Å². The van der Waals surface area contributed by atoms with E-state index in [1.807, 2.05) is 0 Å². The summed E-state index contributed by atoms with van der Waals surface area (Å²) in [5.74, 6) is 0. The fraction of sp³-hybridized carbons (Fsp3) is 0.316. The number of sulfonamides is 1. The standard InChI is InChI=1S/C19H23ClN2O4S/c1-14(2)27(25,26)21-12-19(3,24)15-4-8-17(9-5-15)22(13-23)18-10-6-16(20)7-11-18/h4-11,13-14,21,24H,12H2,1-3H3. The van der Waals surface area contributed by atoms with Gasteiger partial charge in [0.05, 0.1) is 5.25 Å². The molecule has 2 N–H and O–H groups in total. The summed E-state index contributed by atoms with van der Waals surface area (Å²) in [5.41, 5.74) is 0.389. The van der Waals surface area contributed by atoms with E-state index in [0.717, 1.165) is 0 Å². The van der Waals surface area contributed by atoms with Crippen molar-refractivity contribution in [2.24, 2.45) is 0 Å². The van der Waals surface area contributed by atoms with Gasteiger partial charge in [-0.15, -0.1) is 0 Å². The van der Waals surface area contributed by atoms with Gasteiger partial charge in [-0.1, -0.05) is 23.7 Å². The average Bonchev–Trinajstić information content (AvgIpc) is 2.63. The zero-order valence-corrected chi connectivity index (χ0v) is 17.0. The minimum Gasteiger partial charge on any atom is -0.384 e. The first-order valence-corrected chi connectivity index (χ1v) is 10.3.